The maximum atomic E-state index is 13.0. The molecule has 0 saturated carbocycles. The Morgan fingerprint density at radius 3 is 2.47 bits per heavy atom. The van der Waals surface area contributed by atoms with Crippen molar-refractivity contribution in [2.75, 3.05) is 4.90 Å². The Hall–Kier alpha value is -3.80. The molecule has 5 rings (SSSR count). The monoisotopic (exact) mass is 423 g/mol. The Labute approximate surface area is 187 Å². The summed E-state index contributed by atoms with van der Waals surface area (Å²) in [6.45, 7) is 6.37. The summed E-state index contributed by atoms with van der Waals surface area (Å²) < 4.78 is 1.82. The number of rotatable bonds is 5. The average Bonchev–Trinajstić information content (AvgIpc) is 3.46. The molecule has 2 aromatic carbocycles. The van der Waals surface area contributed by atoms with Gasteiger partial charge in [-0.15, -0.1) is 0 Å². The van der Waals surface area contributed by atoms with Crippen molar-refractivity contribution >= 4 is 11.7 Å². The minimum Gasteiger partial charge on any atom is -0.289 e. The fourth-order valence-electron chi connectivity index (χ4n) is 4.31. The second-order valence-electron chi connectivity index (χ2n) is 8.44. The van der Waals surface area contributed by atoms with Crippen LogP contribution in [0.2, 0.25) is 0 Å². The first-order valence-electron chi connectivity index (χ1n) is 10.9. The molecule has 0 radical (unpaired) electrons. The van der Waals surface area contributed by atoms with Gasteiger partial charge in [-0.25, -0.2) is 14.6 Å². The SMILES string of the molecule is CC(C)c1ccccc1-c1ncc2c(n1)N([C@H](C)c1ccc(-n3cccn3)cc1)C(=O)C2. The van der Waals surface area contributed by atoms with E-state index >= 15 is 0 Å². The lowest BCUT2D eigenvalue weighted by atomic mass is 9.97. The standard InChI is InChI=1S/C26H25N5O/c1-17(2)22-7-4-5-8-23(22)25-27-16-20-15-24(32)31(26(20)29-25)18(3)19-9-11-21(12-10-19)30-14-6-13-28-30/h4-14,16-18H,15H2,1-3H3/t18-/m1/s1. The maximum Gasteiger partial charge on any atom is 0.233 e. The van der Waals surface area contributed by atoms with E-state index in [1.165, 1.54) is 5.56 Å². The molecule has 1 aliphatic heterocycles. The summed E-state index contributed by atoms with van der Waals surface area (Å²) in [5.74, 6) is 1.77. The number of fused-ring (bicyclic) bond motifs is 1. The number of hydrogen-bond acceptors (Lipinski definition) is 4. The second-order valence-corrected chi connectivity index (χ2v) is 8.44. The van der Waals surface area contributed by atoms with Gasteiger partial charge in [-0.05, 0) is 42.2 Å². The number of carbonyl (C=O) groups is 1. The van der Waals surface area contributed by atoms with Crippen LogP contribution in [-0.4, -0.2) is 25.7 Å². The lowest BCUT2D eigenvalue weighted by molar-refractivity contribution is -0.117. The van der Waals surface area contributed by atoms with Gasteiger partial charge in [0, 0.05) is 29.7 Å². The van der Waals surface area contributed by atoms with Crippen LogP contribution >= 0.6 is 0 Å². The number of amides is 1. The summed E-state index contributed by atoms with van der Waals surface area (Å²) in [6, 6.07) is 18.1. The van der Waals surface area contributed by atoms with E-state index < -0.39 is 0 Å². The van der Waals surface area contributed by atoms with Crippen LogP contribution in [0.5, 0.6) is 0 Å². The normalized spacial score (nSPS) is 14.1. The van der Waals surface area contributed by atoms with Gasteiger partial charge in [0.15, 0.2) is 5.82 Å². The molecule has 1 amide bonds. The quantitative estimate of drug-likeness (QED) is 0.448. The van der Waals surface area contributed by atoms with Crippen molar-refractivity contribution in [3.63, 3.8) is 0 Å². The van der Waals surface area contributed by atoms with E-state index in [0.29, 0.717) is 24.0 Å². The molecule has 4 aromatic rings. The Bertz CT molecular complexity index is 1260. The summed E-state index contributed by atoms with van der Waals surface area (Å²) in [4.78, 5) is 24.3. The van der Waals surface area contributed by atoms with Gasteiger partial charge in [0.1, 0.15) is 5.82 Å². The number of hydrogen-bond donors (Lipinski definition) is 0. The first-order chi connectivity index (χ1) is 15.5. The van der Waals surface area contributed by atoms with Crippen molar-refractivity contribution in [1.29, 1.82) is 0 Å². The molecule has 3 heterocycles. The van der Waals surface area contributed by atoms with E-state index in [4.69, 9.17) is 4.98 Å². The van der Waals surface area contributed by atoms with Gasteiger partial charge in [0.2, 0.25) is 5.91 Å². The predicted molar refractivity (Wildman–Crippen MR) is 125 cm³/mol. The fourth-order valence-corrected chi connectivity index (χ4v) is 4.31. The first-order valence-corrected chi connectivity index (χ1v) is 10.9. The summed E-state index contributed by atoms with van der Waals surface area (Å²) in [5.41, 5.74) is 5.12. The summed E-state index contributed by atoms with van der Waals surface area (Å²) in [6.07, 6.45) is 5.80. The molecule has 6 nitrogen and oxygen atoms in total. The minimum absolute atomic E-state index is 0.0484. The Morgan fingerprint density at radius 1 is 0.969 bits per heavy atom. The van der Waals surface area contributed by atoms with Crippen molar-refractivity contribution in [1.82, 2.24) is 19.7 Å². The van der Waals surface area contributed by atoms with Gasteiger partial charge in [-0.3, -0.25) is 9.69 Å². The van der Waals surface area contributed by atoms with E-state index in [0.717, 1.165) is 22.4 Å². The minimum atomic E-state index is -0.140. The summed E-state index contributed by atoms with van der Waals surface area (Å²) >= 11 is 0. The number of aromatic nitrogens is 4. The summed E-state index contributed by atoms with van der Waals surface area (Å²) in [7, 11) is 0. The zero-order valence-corrected chi connectivity index (χ0v) is 18.4. The fraction of sp³-hybridized carbons (Fsp3) is 0.231. The molecule has 0 saturated heterocycles. The van der Waals surface area contributed by atoms with Crippen molar-refractivity contribution in [2.45, 2.75) is 39.2 Å². The zero-order valence-electron chi connectivity index (χ0n) is 18.4. The van der Waals surface area contributed by atoms with Crippen LogP contribution in [0, 0.1) is 0 Å². The van der Waals surface area contributed by atoms with Gasteiger partial charge in [-0.1, -0.05) is 50.2 Å². The maximum absolute atomic E-state index is 13.0. The van der Waals surface area contributed by atoms with Crippen LogP contribution in [0.25, 0.3) is 17.1 Å². The van der Waals surface area contributed by atoms with Crippen LogP contribution in [0.3, 0.4) is 0 Å². The van der Waals surface area contributed by atoms with Gasteiger partial charge in [0.25, 0.3) is 0 Å². The Balaban J connectivity index is 1.50. The third kappa shape index (κ3) is 3.47. The number of nitrogens with zero attached hydrogens (tertiary/aromatic N) is 5. The Kier molecular flexibility index (Phi) is 5.05. The molecule has 2 aromatic heterocycles. The smallest absolute Gasteiger partial charge is 0.233 e. The highest BCUT2D eigenvalue weighted by Crippen LogP contribution is 2.36. The third-order valence-corrected chi connectivity index (χ3v) is 6.04. The largest absolute Gasteiger partial charge is 0.289 e. The summed E-state index contributed by atoms with van der Waals surface area (Å²) in [5, 5.41) is 4.27. The highest BCUT2D eigenvalue weighted by molar-refractivity contribution is 6.01. The molecule has 0 spiro atoms. The van der Waals surface area contributed by atoms with Gasteiger partial charge in [-0.2, -0.15) is 5.10 Å². The number of carbonyl (C=O) groups excluding carboxylic acids is 1. The van der Waals surface area contributed by atoms with Crippen LogP contribution in [0.15, 0.2) is 73.2 Å². The first kappa shape index (κ1) is 20.1. The van der Waals surface area contributed by atoms with Gasteiger partial charge in [0.05, 0.1) is 18.2 Å². The average molecular weight is 424 g/mol. The van der Waals surface area contributed by atoms with Crippen molar-refractivity contribution in [3.8, 4) is 17.1 Å². The molecule has 0 bridgehead atoms. The van der Waals surface area contributed by atoms with Crippen LogP contribution < -0.4 is 4.90 Å². The van der Waals surface area contributed by atoms with E-state index in [1.807, 2.05) is 60.3 Å². The van der Waals surface area contributed by atoms with Gasteiger partial charge < -0.3 is 0 Å². The van der Waals surface area contributed by atoms with E-state index in [1.54, 1.807) is 17.3 Å². The molecule has 0 fully saturated rings. The molecule has 32 heavy (non-hydrogen) atoms. The van der Waals surface area contributed by atoms with Gasteiger partial charge >= 0.3 is 0 Å². The molecular weight excluding hydrogens is 398 g/mol. The predicted octanol–water partition coefficient (Wildman–Crippen LogP) is 5.10. The third-order valence-electron chi connectivity index (χ3n) is 6.04. The Morgan fingerprint density at radius 2 is 1.75 bits per heavy atom. The molecule has 0 unspecified atom stereocenters. The highest BCUT2D eigenvalue weighted by Gasteiger charge is 2.34. The molecule has 1 atom stereocenters. The molecular formula is C26H25N5O. The topological polar surface area (TPSA) is 63.9 Å². The molecule has 160 valence electrons. The number of anilines is 1. The van der Waals surface area contributed by atoms with E-state index in [2.05, 4.69) is 36.1 Å². The lowest BCUT2D eigenvalue weighted by Crippen LogP contribution is -2.30. The van der Waals surface area contributed by atoms with Crippen molar-refractivity contribution in [2.24, 2.45) is 0 Å². The number of benzene rings is 2. The zero-order chi connectivity index (χ0) is 22.2. The van der Waals surface area contributed by atoms with Crippen LogP contribution in [0.4, 0.5) is 5.82 Å². The van der Waals surface area contributed by atoms with Crippen LogP contribution in [0.1, 0.15) is 49.4 Å². The van der Waals surface area contributed by atoms with Crippen molar-refractivity contribution < 1.29 is 4.79 Å². The lowest BCUT2D eigenvalue weighted by Gasteiger charge is -2.25. The van der Waals surface area contributed by atoms with Crippen LogP contribution in [-0.2, 0) is 11.2 Å². The van der Waals surface area contributed by atoms with Crippen molar-refractivity contribution in [3.05, 3.63) is 89.9 Å². The molecule has 6 heteroatoms. The van der Waals surface area contributed by atoms with E-state index in [9.17, 15) is 4.79 Å². The van der Waals surface area contributed by atoms with E-state index in [-0.39, 0.29) is 11.9 Å². The second kappa shape index (κ2) is 8.04. The highest BCUT2D eigenvalue weighted by atomic mass is 16.2. The molecule has 0 aliphatic carbocycles. The molecule has 1 aliphatic rings. The molecule has 0 N–H and O–H groups in total.